The molecule has 3 N–H and O–H groups in total. The van der Waals surface area contributed by atoms with E-state index in [2.05, 4.69) is 24.1 Å². The number of para-hydroxylation sites is 1. The SMILES string of the molecule is CC(C)CNC(C(=O)O)c1c[nH]c2ccccc12. The smallest absolute Gasteiger partial charge is 0.325 e. The predicted molar refractivity (Wildman–Crippen MR) is 71.5 cm³/mol. The summed E-state index contributed by atoms with van der Waals surface area (Å²) in [6.45, 7) is 4.79. The van der Waals surface area contributed by atoms with Gasteiger partial charge in [-0.25, -0.2) is 0 Å². The lowest BCUT2D eigenvalue weighted by Gasteiger charge is -2.15. The number of rotatable bonds is 5. The van der Waals surface area contributed by atoms with Crippen LogP contribution in [0.3, 0.4) is 0 Å². The van der Waals surface area contributed by atoms with Crippen LogP contribution in [-0.4, -0.2) is 22.6 Å². The molecule has 0 amide bonds. The molecule has 4 nitrogen and oxygen atoms in total. The first kappa shape index (κ1) is 12.6. The van der Waals surface area contributed by atoms with E-state index in [0.717, 1.165) is 16.5 Å². The van der Waals surface area contributed by atoms with Crippen molar-refractivity contribution in [3.05, 3.63) is 36.0 Å². The van der Waals surface area contributed by atoms with Gasteiger partial charge in [0.2, 0.25) is 0 Å². The first-order valence-electron chi connectivity index (χ1n) is 6.11. The molecule has 0 saturated carbocycles. The highest BCUT2D eigenvalue weighted by Gasteiger charge is 2.22. The van der Waals surface area contributed by atoms with Gasteiger partial charge in [0.15, 0.2) is 0 Å². The monoisotopic (exact) mass is 246 g/mol. The van der Waals surface area contributed by atoms with E-state index in [4.69, 9.17) is 0 Å². The second kappa shape index (κ2) is 5.23. The van der Waals surface area contributed by atoms with Crippen LogP contribution in [0.2, 0.25) is 0 Å². The number of fused-ring (bicyclic) bond motifs is 1. The molecule has 0 fully saturated rings. The second-order valence-electron chi connectivity index (χ2n) is 4.86. The van der Waals surface area contributed by atoms with E-state index in [1.807, 2.05) is 24.3 Å². The lowest BCUT2D eigenvalue weighted by Crippen LogP contribution is -2.31. The molecule has 18 heavy (non-hydrogen) atoms. The van der Waals surface area contributed by atoms with Crippen LogP contribution in [0.5, 0.6) is 0 Å². The highest BCUT2D eigenvalue weighted by molar-refractivity contribution is 5.89. The van der Waals surface area contributed by atoms with Gasteiger partial charge in [-0.3, -0.25) is 4.79 Å². The molecular weight excluding hydrogens is 228 g/mol. The van der Waals surface area contributed by atoms with Crippen molar-refractivity contribution >= 4 is 16.9 Å². The van der Waals surface area contributed by atoms with Crippen molar-refractivity contribution in [3.8, 4) is 0 Å². The Morgan fingerprint density at radius 3 is 2.78 bits per heavy atom. The summed E-state index contributed by atoms with van der Waals surface area (Å²) in [5.74, 6) is -0.433. The Balaban J connectivity index is 2.33. The average molecular weight is 246 g/mol. The number of nitrogens with one attached hydrogen (secondary N) is 2. The number of benzene rings is 1. The molecule has 2 rings (SSSR count). The highest BCUT2D eigenvalue weighted by atomic mass is 16.4. The number of aromatic nitrogens is 1. The fourth-order valence-electron chi connectivity index (χ4n) is 2.02. The van der Waals surface area contributed by atoms with Crippen LogP contribution in [0.15, 0.2) is 30.5 Å². The van der Waals surface area contributed by atoms with E-state index < -0.39 is 12.0 Å². The predicted octanol–water partition coefficient (Wildman–Crippen LogP) is 2.54. The molecule has 1 aromatic carbocycles. The normalized spacial score (nSPS) is 13.1. The van der Waals surface area contributed by atoms with E-state index in [9.17, 15) is 9.90 Å². The molecule has 0 aliphatic rings. The van der Waals surface area contributed by atoms with Crippen molar-refractivity contribution in [1.82, 2.24) is 10.3 Å². The summed E-state index contributed by atoms with van der Waals surface area (Å²) >= 11 is 0. The van der Waals surface area contributed by atoms with Gasteiger partial charge < -0.3 is 15.4 Å². The molecule has 1 aromatic heterocycles. The van der Waals surface area contributed by atoms with Gasteiger partial charge in [0.05, 0.1) is 0 Å². The molecule has 4 heteroatoms. The minimum absolute atomic E-state index is 0.414. The van der Waals surface area contributed by atoms with Gasteiger partial charge in [0.1, 0.15) is 6.04 Å². The molecule has 1 heterocycles. The largest absolute Gasteiger partial charge is 0.480 e. The third kappa shape index (κ3) is 2.54. The molecule has 0 saturated heterocycles. The summed E-state index contributed by atoms with van der Waals surface area (Å²) in [5.41, 5.74) is 1.75. The average Bonchev–Trinajstić information content (AvgIpc) is 2.73. The third-order valence-electron chi connectivity index (χ3n) is 2.91. The van der Waals surface area contributed by atoms with Crippen molar-refractivity contribution in [3.63, 3.8) is 0 Å². The number of carbonyl (C=O) groups is 1. The van der Waals surface area contributed by atoms with Gasteiger partial charge in [-0.15, -0.1) is 0 Å². The number of aliphatic carboxylic acids is 1. The van der Waals surface area contributed by atoms with Crippen LogP contribution in [0, 0.1) is 5.92 Å². The molecule has 2 aromatic rings. The summed E-state index contributed by atoms with van der Waals surface area (Å²) in [6, 6.07) is 7.07. The van der Waals surface area contributed by atoms with Crippen LogP contribution in [0.1, 0.15) is 25.5 Å². The van der Waals surface area contributed by atoms with E-state index in [1.54, 1.807) is 6.20 Å². The zero-order valence-corrected chi connectivity index (χ0v) is 10.6. The van der Waals surface area contributed by atoms with Crippen LogP contribution >= 0.6 is 0 Å². The highest BCUT2D eigenvalue weighted by Crippen LogP contribution is 2.24. The number of carboxylic acids is 1. The van der Waals surface area contributed by atoms with Crippen molar-refractivity contribution in [1.29, 1.82) is 0 Å². The molecule has 1 unspecified atom stereocenters. The van der Waals surface area contributed by atoms with Gasteiger partial charge in [-0.1, -0.05) is 32.0 Å². The van der Waals surface area contributed by atoms with Gasteiger partial charge in [-0.05, 0) is 18.5 Å². The molecule has 1 atom stereocenters. The molecule has 0 bridgehead atoms. The summed E-state index contributed by atoms with van der Waals surface area (Å²) < 4.78 is 0. The van der Waals surface area contributed by atoms with Crippen molar-refractivity contribution in [2.45, 2.75) is 19.9 Å². The first-order valence-corrected chi connectivity index (χ1v) is 6.11. The van der Waals surface area contributed by atoms with Gasteiger partial charge in [-0.2, -0.15) is 0 Å². The number of H-pyrrole nitrogens is 1. The van der Waals surface area contributed by atoms with E-state index >= 15 is 0 Å². The summed E-state index contributed by atoms with van der Waals surface area (Å²) in [5, 5.41) is 13.4. The maximum atomic E-state index is 11.4. The lowest BCUT2D eigenvalue weighted by atomic mass is 10.1. The van der Waals surface area contributed by atoms with Crippen molar-refractivity contribution in [2.75, 3.05) is 6.54 Å². The number of aromatic amines is 1. The Kier molecular flexibility index (Phi) is 3.67. The van der Waals surface area contributed by atoms with Crippen molar-refractivity contribution < 1.29 is 9.90 Å². The quantitative estimate of drug-likeness (QED) is 0.759. The second-order valence-corrected chi connectivity index (χ2v) is 4.86. The molecule has 96 valence electrons. The molecule has 0 radical (unpaired) electrons. The first-order chi connectivity index (χ1) is 8.59. The van der Waals surface area contributed by atoms with Gasteiger partial charge in [0.25, 0.3) is 0 Å². The molecule has 0 aliphatic carbocycles. The standard InChI is InChI=1S/C14H18N2O2/c1-9(2)7-16-13(14(17)18)11-8-15-12-6-4-3-5-10(11)12/h3-6,8-9,13,15-16H,7H2,1-2H3,(H,17,18). The fourth-order valence-corrected chi connectivity index (χ4v) is 2.02. The minimum Gasteiger partial charge on any atom is -0.480 e. The van der Waals surface area contributed by atoms with E-state index in [-0.39, 0.29) is 0 Å². The van der Waals surface area contributed by atoms with E-state index in [0.29, 0.717) is 12.5 Å². The van der Waals surface area contributed by atoms with Crippen LogP contribution in [0.4, 0.5) is 0 Å². The van der Waals surface area contributed by atoms with Crippen molar-refractivity contribution in [2.24, 2.45) is 5.92 Å². The molecular formula is C14H18N2O2. The minimum atomic E-state index is -0.847. The van der Waals surface area contributed by atoms with Crippen LogP contribution in [-0.2, 0) is 4.79 Å². The summed E-state index contributed by atoms with van der Waals surface area (Å²) in [4.78, 5) is 14.5. The number of hydrogen-bond donors (Lipinski definition) is 3. The Hall–Kier alpha value is -1.81. The maximum absolute atomic E-state index is 11.4. The van der Waals surface area contributed by atoms with Crippen LogP contribution in [0.25, 0.3) is 10.9 Å². The van der Waals surface area contributed by atoms with E-state index in [1.165, 1.54) is 0 Å². The zero-order chi connectivity index (χ0) is 13.1. The molecule has 0 spiro atoms. The summed E-state index contributed by atoms with van der Waals surface area (Å²) in [6.07, 6.45) is 1.77. The zero-order valence-electron chi connectivity index (χ0n) is 10.6. The number of carboxylic acid groups (broad SMARTS) is 1. The Morgan fingerprint density at radius 1 is 1.39 bits per heavy atom. The topological polar surface area (TPSA) is 65.1 Å². The van der Waals surface area contributed by atoms with Crippen LogP contribution < -0.4 is 5.32 Å². The Morgan fingerprint density at radius 2 is 2.11 bits per heavy atom. The lowest BCUT2D eigenvalue weighted by molar-refractivity contribution is -0.139. The van der Waals surface area contributed by atoms with Gasteiger partial charge in [0, 0.05) is 22.7 Å². The maximum Gasteiger partial charge on any atom is 0.325 e. The molecule has 0 aliphatic heterocycles. The Labute approximate surface area is 106 Å². The Bertz CT molecular complexity index is 545. The summed E-state index contributed by atoms with van der Waals surface area (Å²) in [7, 11) is 0. The fraction of sp³-hybridized carbons (Fsp3) is 0.357. The number of hydrogen-bond acceptors (Lipinski definition) is 2. The van der Waals surface area contributed by atoms with Gasteiger partial charge >= 0.3 is 5.97 Å². The third-order valence-corrected chi connectivity index (χ3v) is 2.91.